The number of hydrogen-bond acceptors (Lipinski definition) is 4. The van der Waals surface area contributed by atoms with Crippen LogP contribution in [0.2, 0.25) is 0 Å². The van der Waals surface area contributed by atoms with Crippen molar-refractivity contribution < 1.29 is 10.3 Å². The molecule has 0 aliphatic carbocycles. The molecule has 0 heterocycles. The van der Waals surface area contributed by atoms with E-state index in [4.69, 9.17) is 16.0 Å². The van der Waals surface area contributed by atoms with Gasteiger partial charge in [0.15, 0.2) is 0 Å². The van der Waals surface area contributed by atoms with E-state index in [1.807, 2.05) is 30.3 Å². The minimum Gasteiger partial charge on any atom is -0.409 e. The number of nitrogens with zero attached hydrogens (tertiary/aromatic N) is 1. The number of benzene rings is 1. The van der Waals surface area contributed by atoms with Crippen molar-refractivity contribution in [2.75, 3.05) is 19.7 Å². The molecule has 0 spiro atoms. The van der Waals surface area contributed by atoms with E-state index in [2.05, 4.69) is 10.5 Å². The third kappa shape index (κ3) is 3.52. The maximum atomic E-state index is 8.71. The Bertz CT molecular complexity index is 327. The summed E-state index contributed by atoms with van der Waals surface area (Å²) in [4.78, 5) is 0. The molecule has 88 valence electrons. The summed E-state index contributed by atoms with van der Waals surface area (Å²) in [5.41, 5.74) is 6.60. The molecule has 0 bridgehead atoms. The topological polar surface area (TPSA) is 90.9 Å². The molecule has 1 rings (SSSR count). The van der Waals surface area contributed by atoms with Crippen LogP contribution in [0.3, 0.4) is 0 Å². The predicted octanol–water partition coefficient (Wildman–Crippen LogP) is 0.0985. The summed E-state index contributed by atoms with van der Waals surface area (Å²) in [7, 11) is 0. The normalized spacial score (nSPS) is 13.7. The van der Waals surface area contributed by atoms with Crippen LogP contribution in [0.4, 0.5) is 0 Å². The van der Waals surface area contributed by atoms with E-state index >= 15 is 0 Å². The first-order valence-corrected chi connectivity index (χ1v) is 5.13. The van der Waals surface area contributed by atoms with Gasteiger partial charge in [-0.25, -0.2) is 0 Å². The van der Waals surface area contributed by atoms with Crippen molar-refractivity contribution in [3.8, 4) is 0 Å². The van der Waals surface area contributed by atoms with Crippen LogP contribution in [-0.4, -0.2) is 35.8 Å². The lowest BCUT2D eigenvalue weighted by atomic mass is 9.98. The molecule has 5 heteroatoms. The van der Waals surface area contributed by atoms with E-state index in [0.29, 0.717) is 13.1 Å². The van der Waals surface area contributed by atoms with E-state index in [1.54, 1.807) is 0 Å². The highest BCUT2D eigenvalue weighted by Gasteiger charge is 2.15. The molecule has 0 aliphatic rings. The molecule has 0 saturated carbocycles. The highest BCUT2D eigenvalue weighted by atomic mass is 16.4. The van der Waals surface area contributed by atoms with E-state index in [-0.39, 0.29) is 18.4 Å². The average molecular weight is 223 g/mol. The second-order valence-electron chi connectivity index (χ2n) is 3.42. The zero-order chi connectivity index (χ0) is 11.8. The first-order valence-electron chi connectivity index (χ1n) is 5.13. The predicted molar refractivity (Wildman–Crippen MR) is 62.5 cm³/mol. The average Bonchev–Trinajstić information content (AvgIpc) is 2.35. The molecule has 5 N–H and O–H groups in total. The summed E-state index contributed by atoms with van der Waals surface area (Å²) in [6, 6.07) is 9.55. The van der Waals surface area contributed by atoms with Crippen LogP contribution in [0.1, 0.15) is 11.5 Å². The fraction of sp³-hybridized carbons (Fsp3) is 0.364. The molecule has 1 aromatic carbocycles. The summed E-state index contributed by atoms with van der Waals surface area (Å²) >= 11 is 0. The second kappa shape index (κ2) is 6.81. The van der Waals surface area contributed by atoms with Gasteiger partial charge in [-0.15, -0.1) is 0 Å². The van der Waals surface area contributed by atoms with E-state index < -0.39 is 0 Å². The van der Waals surface area contributed by atoms with Crippen molar-refractivity contribution in [3.05, 3.63) is 35.9 Å². The number of oxime groups is 1. The summed E-state index contributed by atoms with van der Waals surface area (Å²) < 4.78 is 0. The summed E-state index contributed by atoms with van der Waals surface area (Å²) in [6.07, 6.45) is 0. The Hall–Kier alpha value is -1.59. The van der Waals surface area contributed by atoms with Gasteiger partial charge in [0, 0.05) is 13.1 Å². The zero-order valence-corrected chi connectivity index (χ0v) is 9.00. The van der Waals surface area contributed by atoms with Crippen LogP contribution in [0.25, 0.3) is 0 Å². The summed E-state index contributed by atoms with van der Waals surface area (Å²) in [6.45, 7) is 1.08. The Kier molecular flexibility index (Phi) is 5.31. The Balaban J connectivity index is 2.72. The first-order chi connectivity index (χ1) is 7.79. The maximum absolute atomic E-state index is 8.71. The Morgan fingerprint density at radius 1 is 1.38 bits per heavy atom. The maximum Gasteiger partial charge on any atom is 0.147 e. The quantitative estimate of drug-likeness (QED) is 0.181. The van der Waals surface area contributed by atoms with Crippen molar-refractivity contribution in [2.24, 2.45) is 10.9 Å². The summed E-state index contributed by atoms with van der Waals surface area (Å²) in [5.74, 6) is -0.0191. The van der Waals surface area contributed by atoms with Gasteiger partial charge in [-0.05, 0) is 5.56 Å². The standard InChI is InChI=1S/C11H17N3O2/c12-11(14-16)10(8-13-6-7-15)9-4-2-1-3-5-9/h1-5,10,13,15-16H,6-8H2,(H2,12,14). The minimum absolute atomic E-state index is 0.0671. The van der Waals surface area contributed by atoms with Gasteiger partial charge in [-0.3, -0.25) is 0 Å². The molecule has 0 saturated heterocycles. The number of amidine groups is 1. The lowest BCUT2D eigenvalue weighted by Gasteiger charge is -2.16. The smallest absolute Gasteiger partial charge is 0.147 e. The van der Waals surface area contributed by atoms with Crippen LogP contribution in [0.15, 0.2) is 35.5 Å². The molecule has 0 fully saturated rings. The fourth-order valence-electron chi connectivity index (χ4n) is 1.47. The molecule has 1 unspecified atom stereocenters. The molecule has 0 aromatic heterocycles. The number of nitrogens with two attached hydrogens (primary N) is 1. The lowest BCUT2D eigenvalue weighted by Crippen LogP contribution is -2.32. The molecule has 16 heavy (non-hydrogen) atoms. The third-order valence-corrected chi connectivity index (χ3v) is 2.31. The second-order valence-corrected chi connectivity index (χ2v) is 3.42. The Labute approximate surface area is 94.6 Å². The van der Waals surface area contributed by atoms with Crippen molar-refractivity contribution in [1.82, 2.24) is 5.32 Å². The van der Waals surface area contributed by atoms with Crippen LogP contribution < -0.4 is 11.1 Å². The van der Waals surface area contributed by atoms with Gasteiger partial charge in [0.25, 0.3) is 0 Å². The number of aliphatic hydroxyl groups excluding tert-OH is 1. The van der Waals surface area contributed by atoms with Gasteiger partial charge in [0.2, 0.25) is 0 Å². The highest BCUT2D eigenvalue weighted by Crippen LogP contribution is 2.14. The Morgan fingerprint density at radius 2 is 2.06 bits per heavy atom. The molecule has 0 aliphatic heterocycles. The highest BCUT2D eigenvalue weighted by molar-refractivity contribution is 5.87. The van der Waals surface area contributed by atoms with Crippen LogP contribution in [-0.2, 0) is 0 Å². The summed E-state index contributed by atoms with van der Waals surface area (Å²) in [5, 5.41) is 23.4. The van der Waals surface area contributed by atoms with E-state index in [9.17, 15) is 0 Å². The van der Waals surface area contributed by atoms with Gasteiger partial charge in [0.05, 0.1) is 12.5 Å². The van der Waals surface area contributed by atoms with Crippen molar-refractivity contribution in [2.45, 2.75) is 5.92 Å². The number of aliphatic hydroxyl groups is 1. The van der Waals surface area contributed by atoms with Crippen LogP contribution in [0, 0.1) is 0 Å². The third-order valence-electron chi connectivity index (χ3n) is 2.31. The zero-order valence-electron chi connectivity index (χ0n) is 9.00. The molecule has 5 nitrogen and oxygen atoms in total. The lowest BCUT2D eigenvalue weighted by molar-refractivity contribution is 0.291. The van der Waals surface area contributed by atoms with Gasteiger partial charge >= 0.3 is 0 Å². The number of nitrogens with one attached hydrogen (secondary N) is 1. The fourth-order valence-corrected chi connectivity index (χ4v) is 1.47. The molecule has 0 amide bonds. The largest absolute Gasteiger partial charge is 0.409 e. The van der Waals surface area contributed by atoms with Gasteiger partial charge < -0.3 is 21.4 Å². The minimum atomic E-state index is -0.183. The SMILES string of the molecule is NC(=NO)C(CNCCO)c1ccccc1. The van der Waals surface area contributed by atoms with Crippen molar-refractivity contribution in [3.63, 3.8) is 0 Å². The Morgan fingerprint density at radius 3 is 2.62 bits per heavy atom. The van der Waals surface area contributed by atoms with Gasteiger partial charge in [0.1, 0.15) is 5.84 Å². The molecule has 0 radical (unpaired) electrons. The molecular formula is C11H17N3O2. The van der Waals surface area contributed by atoms with E-state index in [1.165, 1.54) is 0 Å². The van der Waals surface area contributed by atoms with Crippen molar-refractivity contribution >= 4 is 5.84 Å². The monoisotopic (exact) mass is 223 g/mol. The molecule has 1 aromatic rings. The van der Waals surface area contributed by atoms with Crippen molar-refractivity contribution in [1.29, 1.82) is 0 Å². The van der Waals surface area contributed by atoms with Gasteiger partial charge in [-0.1, -0.05) is 35.5 Å². The molecular weight excluding hydrogens is 206 g/mol. The van der Waals surface area contributed by atoms with Crippen LogP contribution >= 0.6 is 0 Å². The van der Waals surface area contributed by atoms with E-state index in [0.717, 1.165) is 5.56 Å². The van der Waals surface area contributed by atoms with Crippen LogP contribution in [0.5, 0.6) is 0 Å². The number of hydrogen-bond donors (Lipinski definition) is 4. The number of rotatable bonds is 6. The molecule has 1 atom stereocenters. The first kappa shape index (κ1) is 12.5. The van der Waals surface area contributed by atoms with Gasteiger partial charge in [-0.2, -0.15) is 0 Å².